The number of piperazine rings is 1. The highest BCUT2D eigenvalue weighted by Crippen LogP contribution is 2.36. The molecule has 0 spiro atoms. The second-order valence-electron chi connectivity index (χ2n) is 7.89. The van der Waals surface area contributed by atoms with Gasteiger partial charge in [0.1, 0.15) is 5.82 Å². The second kappa shape index (κ2) is 7.10. The largest absolute Gasteiger partial charge is 0.454 e. The van der Waals surface area contributed by atoms with Gasteiger partial charge in [0.2, 0.25) is 12.7 Å². The molecule has 0 amide bonds. The molecule has 2 fully saturated rings. The van der Waals surface area contributed by atoms with Gasteiger partial charge in [0.05, 0.1) is 5.69 Å². The van der Waals surface area contributed by atoms with Crippen molar-refractivity contribution in [3.63, 3.8) is 0 Å². The minimum Gasteiger partial charge on any atom is -0.454 e. The third-order valence-corrected chi connectivity index (χ3v) is 5.88. The number of ether oxygens (including phenoxy) is 2. The lowest BCUT2D eigenvalue weighted by atomic mass is 9.78. The lowest BCUT2D eigenvalue weighted by Gasteiger charge is -2.36. The van der Waals surface area contributed by atoms with Crippen LogP contribution in [0.15, 0.2) is 24.3 Å². The van der Waals surface area contributed by atoms with Gasteiger partial charge in [0.25, 0.3) is 0 Å². The Balaban J connectivity index is 1.21. The summed E-state index contributed by atoms with van der Waals surface area (Å²) >= 11 is 0. The monoisotopic (exact) mass is 382 g/mol. The maximum atomic E-state index is 5.98. The summed E-state index contributed by atoms with van der Waals surface area (Å²) in [7, 11) is 0. The van der Waals surface area contributed by atoms with E-state index in [1.165, 1.54) is 5.56 Å². The normalized spacial score (nSPS) is 24.2. The van der Waals surface area contributed by atoms with Crippen molar-refractivity contribution in [2.45, 2.75) is 31.3 Å². The molecule has 8 heteroatoms. The van der Waals surface area contributed by atoms with Gasteiger partial charge in [-0.15, -0.1) is 0 Å². The van der Waals surface area contributed by atoms with Gasteiger partial charge in [-0.1, -0.05) is 6.07 Å². The maximum absolute atomic E-state index is 5.98. The van der Waals surface area contributed by atoms with Gasteiger partial charge >= 0.3 is 0 Å². The van der Waals surface area contributed by atoms with Gasteiger partial charge in [-0.3, -0.25) is 4.90 Å². The van der Waals surface area contributed by atoms with Crippen LogP contribution in [-0.2, 0) is 6.54 Å². The maximum Gasteiger partial charge on any atom is 0.231 e. The third kappa shape index (κ3) is 3.45. The number of nitrogens with two attached hydrogens (primary N) is 2. The van der Waals surface area contributed by atoms with Crippen LogP contribution in [-0.4, -0.2) is 53.9 Å². The summed E-state index contributed by atoms with van der Waals surface area (Å²) in [6, 6.07) is 8.58. The van der Waals surface area contributed by atoms with Crippen molar-refractivity contribution in [1.29, 1.82) is 0 Å². The molecule has 0 radical (unpaired) electrons. The molecule has 1 aromatic carbocycles. The molecule has 1 aromatic heterocycles. The summed E-state index contributed by atoms with van der Waals surface area (Å²) in [6.07, 6.45) is 1.97. The topological polar surface area (TPSA) is 103 Å². The van der Waals surface area contributed by atoms with Gasteiger partial charge in [0.15, 0.2) is 11.5 Å². The van der Waals surface area contributed by atoms with Gasteiger partial charge in [0, 0.05) is 50.7 Å². The highest BCUT2D eigenvalue weighted by molar-refractivity contribution is 5.46. The van der Waals surface area contributed by atoms with E-state index in [1.807, 2.05) is 6.07 Å². The molecule has 4 N–H and O–H groups in total. The number of hydrogen-bond acceptors (Lipinski definition) is 8. The molecule has 148 valence electrons. The third-order valence-electron chi connectivity index (χ3n) is 5.88. The van der Waals surface area contributed by atoms with Crippen LogP contribution in [0.2, 0.25) is 0 Å². The minimum atomic E-state index is 0.296. The average Bonchev–Trinajstić information content (AvgIpc) is 3.13. The lowest BCUT2D eigenvalue weighted by Crippen LogP contribution is -2.46. The summed E-state index contributed by atoms with van der Waals surface area (Å²) in [5.74, 6) is 3.39. The predicted molar refractivity (Wildman–Crippen MR) is 106 cm³/mol. The molecule has 0 bridgehead atoms. The molecular weight excluding hydrogens is 356 g/mol. The number of hydrogen-bond donors (Lipinski definition) is 2. The fourth-order valence-electron chi connectivity index (χ4n) is 4.18. The van der Waals surface area contributed by atoms with Crippen LogP contribution >= 0.6 is 0 Å². The van der Waals surface area contributed by atoms with Crippen LogP contribution in [0, 0.1) is 0 Å². The number of benzene rings is 1. The van der Waals surface area contributed by atoms with Gasteiger partial charge < -0.3 is 25.8 Å². The van der Waals surface area contributed by atoms with E-state index in [-0.39, 0.29) is 0 Å². The Labute approximate surface area is 164 Å². The molecule has 28 heavy (non-hydrogen) atoms. The lowest BCUT2D eigenvalue weighted by molar-refractivity contribution is 0.174. The standard InChI is InChI=1S/C20H26N6O2/c21-15-8-14(9-15)16-10-19(24-20(22)23-16)26-5-3-25(4-6-26)11-13-1-2-17-18(7-13)28-12-27-17/h1-2,7,10,14-15H,3-6,8-9,11-12,21H2,(H2,22,23,24). The van der Waals surface area contributed by atoms with Crippen LogP contribution in [0.25, 0.3) is 0 Å². The molecule has 3 aliphatic rings. The molecule has 5 rings (SSSR count). The van der Waals surface area contributed by atoms with Gasteiger partial charge in [-0.25, -0.2) is 4.98 Å². The van der Waals surface area contributed by atoms with Crippen molar-refractivity contribution in [2.75, 3.05) is 43.6 Å². The quantitative estimate of drug-likeness (QED) is 0.816. The molecule has 8 nitrogen and oxygen atoms in total. The van der Waals surface area contributed by atoms with Crippen molar-refractivity contribution >= 4 is 11.8 Å². The Hall–Kier alpha value is -2.58. The average molecular weight is 382 g/mol. The Morgan fingerprint density at radius 3 is 2.57 bits per heavy atom. The summed E-state index contributed by atoms with van der Waals surface area (Å²) in [5.41, 5.74) is 14.2. The van der Waals surface area contributed by atoms with Crippen molar-refractivity contribution in [3.8, 4) is 11.5 Å². The molecule has 0 unspecified atom stereocenters. The minimum absolute atomic E-state index is 0.296. The Bertz CT molecular complexity index is 862. The summed E-state index contributed by atoms with van der Waals surface area (Å²) < 4.78 is 10.9. The second-order valence-corrected chi connectivity index (χ2v) is 7.89. The molecule has 2 aromatic rings. The van der Waals surface area contributed by atoms with E-state index in [0.717, 1.165) is 68.6 Å². The Morgan fingerprint density at radius 1 is 1.00 bits per heavy atom. The predicted octanol–water partition coefficient (Wildman–Crippen LogP) is 1.31. The van der Waals surface area contributed by atoms with E-state index in [9.17, 15) is 0 Å². The first-order chi connectivity index (χ1) is 13.6. The van der Waals surface area contributed by atoms with E-state index >= 15 is 0 Å². The van der Waals surface area contributed by atoms with E-state index in [2.05, 4.69) is 38.0 Å². The van der Waals surface area contributed by atoms with E-state index < -0.39 is 0 Å². The van der Waals surface area contributed by atoms with E-state index in [1.54, 1.807) is 0 Å². The SMILES string of the molecule is Nc1nc(C2CC(N)C2)cc(N2CCN(Cc3ccc4c(c3)OCO4)CC2)n1. The van der Waals surface area contributed by atoms with Crippen LogP contribution in [0.5, 0.6) is 11.5 Å². The van der Waals surface area contributed by atoms with Crippen molar-refractivity contribution < 1.29 is 9.47 Å². The smallest absolute Gasteiger partial charge is 0.231 e. The van der Waals surface area contributed by atoms with Crippen LogP contribution in [0.4, 0.5) is 11.8 Å². The zero-order valence-corrected chi connectivity index (χ0v) is 15.9. The summed E-state index contributed by atoms with van der Waals surface area (Å²) in [4.78, 5) is 13.7. The van der Waals surface area contributed by atoms with Crippen molar-refractivity contribution in [2.24, 2.45) is 5.73 Å². The van der Waals surface area contributed by atoms with Gasteiger partial charge in [-0.2, -0.15) is 4.98 Å². The van der Waals surface area contributed by atoms with Crippen molar-refractivity contribution in [1.82, 2.24) is 14.9 Å². The Kier molecular flexibility index (Phi) is 4.44. The zero-order chi connectivity index (χ0) is 19.1. The first-order valence-corrected chi connectivity index (χ1v) is 9.90. The van der Waals surface area contributed by atoms with Crippen molar-refractivity contribution in [3.05, 3.63) is 35.5 Å². The number of rotatable bonds is 4. The van der Waals surface area contributed by atoms with Crippen LogP contribution in [0.1, 0.15) is 30.0 Å². The Morgan fingerprint density at radius 2 is 1.79 bits per heavy atom. The number of fused-ring (bicyclic) bond motifs is 1. The number of anilines is 2. The molecular formula is C20H26N6O2. The van der Waals surface area contributed by atoms with Gasteiger partial charge in [-0.05, 0) is 30.5 Å². The van der Waals surface area contributed by atoms with Crippen LogP contribution in [0.3, 0.4) is 0 Å². The van der Waals surface area contributed by atoms with E-state index in [0.29, 0.717) is 24.7 Å². The summed E-state index contributed by atoms with van der Waals surface area (Å²) in [5, 5.41) is 0. The zero-order valence-electron chi connectivity index (χ0n) is 15.9. The van der Waals surface area contributed by atoms with Crippen LogP contribution < -0.4 is 25.8 Å². The fourth-order valence-corrected chi connectivity index (χ4v) is 4.18. The molecule has 1 saturated carbocycles. The fraction of sp³-hybridized carbons (Fsp3) is 0.500. The number of nitrogens with zero attached hydrogens (tertiary/aromatic N) is 4. The van der Waals surface area contributed by atoms with E-state index in [4.69, 9.17) is 20.9 Å². The first kappa shape index (κ1) is 17.5. The molecule has 1 aliphatic carbocycles. The molecule has 2 aliphatic heterocycles. The number of nitrogen functional groups attached to an aromatic ring is 1. The molecule has 3 heterocycles. The summed E-state index contributed by atoms with van der Waals surface area (Å²) in [6.45, 7) is 5.01. The number of aromatic nitrogens is 2. The first-order valence-electron chi connectivity index (χ1n) is 9.90. The highest BCUT2D eigenvalue weighted by atomic mass is 16.7. The molecule has 0 atom stereocenters. The highest BCUT2D eigenvalue weighted by Gasteiger charge is 2.30. The molecule has 1 saturated heterocycles.